The number of halogens is 1. The number of hydrogen-bond acceptors (Lipinski definition) is 4. The molecule has 2 rings (SSSR count). The zero-order valence-electron chi connectivity index (χ0n) is 12.3. The highest BCUT2D eigenvalue weighted by Gasteiger charge is 2.09. The van der Waals surface area contributed by atoms with Gasteiger partial charge in [-0.3, -0.25) is 9.59 Å². The Morgan fingerprint density at radius 2 is 1.95 bits per heavy atom. The molecule has 0 aliphatic rings. The maximum atomic E-state index is 11.9. The minimum atomic E-state index is -0.116. The molecule has 116 valence electrons. The van der Waals surface area contributed by atoms with E-state index in [1.165, 1.54) is 0 Å². The number of benzene rings is 1. The third-order valence-electron chi connectivity index (χ3n) is 3.12. The quantitative estimate of drug-likeness (QED) is 0.788. The standard InChI is InChI=1S/C16H17ClN2O2S/c1-11-19-14(10-22-11)8-9-18-16(21)7-6-15(20)12-2-4-13(17)5-3-12/h2-5,10H,6-9H2,1H3,(H,18,21). The van der Waals surface area contributed by atoms with Crippen molar-refractivity contribution in [3.63, 3.8) is 0 Å². The second-order valence-corrected chi connectivity index (χ2v) is 6.39. The van der Waals surface area contributed by atoms with Crippen molar-refractivity contribution in [1.82, 2.24) is 10.3 Å². The first-order chi connectivity index (χ1) is 10.5. The van der Waals surface area contributed by atoms with Crippen LogP contribution >= 0.6 is 22.9 Å². The number of nitrogens with zero attached hydrogens (tertiary/aromatic N) is 1. The molecule has 1 N–H and O–H groups in total. The zero-order chi connectivity index (χ0) is 15.9. The number of amides is 1. The Labute approximate surface area is 138 Å². The summed E-state index contributed by atoms with van der Waals surface area (Å²) in [4.78, 5) is 28.0. The molecule has 0 unspecified atom stereocenters. The van der Waals surface area contributed by atoms with Gasteiger partial charge in [0, 0.05) is 41.8 Å². The van der Waals surface area contributed by atoms with Gasteiger partial charge in [-0.25, -0.2) is 4.98 Å². The number of ketones is 1. The lowest BCUT2D eigenvalue weighted by atomic mass is 10.1. The van der Waals surface area contributed by atoms with Crippen molar-refractivity contribution in [2.75, 3.05) is 6.54 Å². The van der Waals surface area contributed by atoms with Gasteiger partial charge in [0.25, 0.3) is 0 Å². The average Bonchev–Trinajstić information content (AvgIpc) is 2.91. The molecule has 0 atom stereocenters. The maximum Gasteiger partial charge on any atom is 0.220 e. The van der Waals surface area contributed by atoms with Crippen LogP contribution in [0, 0.1) is 6.92 Å². The summed E-state index contributed by atoms with van der Waals surface area (Å²) >= 11 is 7.37. The van der Waals surface area contributed by atoms with Gasteiger partial charge in [0.15, 0.2) is 5.78 Å². The monoisotopic (exact) mass is 336 g/mol. The van der Waals surface area contributed by atoms with E-state index in [0.29, 0.717) is 23.6 Å². The molecule has 1 aromatic heterocycles. The molecular formula is C16H17ClN2O2S. The minimum absolute atomic E-state index is 0.0538. The van der Waals surface area contributed by atoms with Crippen LogP contribution in [0.15, 0.2) is 29.6 Å². The Morgan fingerprint density at radius 1 is 1.23 bits per heavy atom. The first-order valence-electron chi connectivity index (χ1n) is 7.01. The molecule has 4 nitrogen and oxygen atoms in total. The van der Waals surface area contributed by atoms with Gasteiger partial charge in [-0.2, -0.15) is 0 Å². The molecule has 0 bridgehead atoms. The summed E-state index contributed by atoms with van der Waals surface area (Å²) in [6, 6.07) is 6.69. The summed E-state index contributed by atoms with van der Waals surface area (Å²) in [5.74, 6) is -0.170. The Balaban J connectivity index is 1.68. The molecule has 0 spiro atoms. The van der Waals surface area contributed by atoms with Crippen LogP contribution in [0.2, 0.25) is 5.02 Å². The molecule has 2 aromatic rings. The predicted molar refractivity (Wildman–Crippen MR) is 88.6 cm³/mol. The van der Waals surface area contributed by atoms with Crippen LogP contribution in [-0.4, -0.2) is 23.2 Å². The Morgan fingerprint density at radius 3 is 2.59 bits per heavy atom. The van der Waals surface area contributed by atoms with E-state index in [0.717, 1.165) is 10.7 Å². The van der Waals surface area contributed by atoms with Crippen molar-refractivity contribution >= 4 is 34.6 Å². The van der Waals surface area contributed by atoms with E-state index in [2.05, 4.69) is 10.3 Å². The van der Waals surface area contributed by atoms with Crippen molar-refractivity contribution in [3.8, 4) is 0 Å². The van der Waals surface area contributed by atoms with Gasteiger partial charge in [-0.1, -0.05) is 11.6 Å². The highest BCUT2D eigenvalue weighted by Crippen LogP contribution is 2.12. The molecule has 1 heterocycles. The van der Waals surface area contributed by atoms with Crippen LogP contribution in [0.4, 0.5) is 0 Å². The summed E-state index contributed by atoms with van der Waals surface area (Å²) < 4.78 is 0. The largest absolute Gasteiger partial charge is 0.356 e. The van der Waals surface area contributed by atoms with Gasteiger partial charge in [0.05, 0.1) is 10.7 Å². The van der Waals surface area contributed by atoms with Crippen LogP contribution in [-0.2, 0) is 11.2 Å². The fourth-order valence-corrected chi connectivity index (χ4v) is 2.72. The zero-order valence-corrected chi connectivity index (χ0v) is 13.8. The Bertz CT molecular complexity index is 652. The highest BCUT2D eigenvalue weighted by molar-refractivity contribution is 7.09. The van der Waals surface area contributed by atoms with E-state index in [9.17, 15) is 9.59 Å². The lowest BCUT2D eigenvalue weighted by molar-refractivity contribution is -0.121. The molecule has 0 saturated heterocycles. The van der Waals surface area contributed by atoms with E-state index in [1.807, 2.05) is 12.3 Å². The second kappa shape index (κ2) is 8.06. The average molecular weight is 337 g/mol. The van der Waals surface area contributed by atoms with Gasteiger partial charge in [-0.15, -0.1) is 11.3 Å². The van der Waals surface area contributed by atoms with E-state index < -0.39 is 0 Å². The summed E-state index contributed by atoms with van der Waals surface area (Å²) in [6.07, 6.45) is 1.10. The molecule has 0 aliphatic carbocycles. The SMILES string of the molecule is Cc1nc(CCNC(=O)CCC(=O)c2ccc(Cl)cc2)cs1. The van der Waals surface area contributed by atoms with Crippen LogP contribution in [0.3, 0.4) is 0 Å². The summed E-state index contributed by atoms with van der Waals surface area (Å²) in [7, 11) is 0. The summed E-state index contributed by atoms with van der Waals surface area (Å²) in [5.41, 5.74) is 1.56. The maximum absolute atomic E-state index is 11.9. The highest BCUT2D eigenvalue weighted by atomic mass is 35.5. The fourth-order valence-electron chi connectivity index (χ4n) is 1.95. The second-order valence-electron chi connectivity index (χ2n) is 4.89. The number of nitrogens with one attached hydrogen (secondary N) is 1. The van der Waals surface area contributed by atoms with Gasteiger partial charge in [0.1, 0.15) is 0 Å². The summed E-state index contributed by atoms with van der Waals surface area (Å²) in [5, 5.41) is 6.41. The smallest absolute Gasteiger partial charge is 0.220 e. The lowest BCUT2D eigenvalue weighted by Crippen LogP contribution is -2.26. The summed E-state index contributed by atoms with van der Waals surface area (Å²) in [6.45, 7) is 2.49. The number of carbonyl (C=O) groups excluding carboxylic acids is 2. The number of Topliss-reactive ketones (excluding diaryl/α,β-unsaturated/α-hetero) is 1. The number of thiazole rings is 1. The number of carbonyl (C=O) groups is 2. The van der Waals surface area contributed by atoms with Crippen LogP contribution in [0.1, 0.15) is 33.9 Å². The molecule has 0 radical (unpaired) electrons. The number of aryl methyl sites for hydroxylation is 1. The Hall–Kier alpha value is -1.72. The van der Waals surface area contributed by atoms with Crippen LogP contribution in [0.25, 0.3) is 0 Å². The molecular weight excluding hydrogens is 320 g/mol. The van der Waals surface area contributed by atoms with Crippen molar-refractivity contribution in [1.29, 1.82) is 0 Å². The van der Waals surface area contributed by atoms with Crippen LogP contribution in [0.5, 0.6) is 0 Å². The predicted octanol–water partition coefficient (Wildman–Crippen LogP) is 3.43. The van der Waals surface area contributed by atoms with Gasteiger partial charge < -0.3 is 5.32 Å². The number of aromatic nitrogens is 1. The number of hydrogen-bond donors (Lipinski definition) is 1. The van der Waals surface area contributed by atoms with Crippen molar-refractivity contribution in [3.05, 3.63) is 50.9 Å². The van der Waals surface area contributed by atoms with E-state index in [4.69, 9.17) is 11.6 Å². The third-order valence-corrected chi connectivity index (χ3v) is 4.19. The van der Waals surface area contributed by atoms with Gasteiger partial charge in [-0.05, 0) is 31.2 Å². The van der Waals surface area contributed by atoms with Crippen molar-refractivity contribution in [2.45, 2.75) is 26.2 Å². The molecule has 22 heavy (non-hydrogen) atoms. The van der Waals surface area contributed by atoms with E-state index in [1.54, 1.807) is 35.6 Å². The first kappa shape index (κ1) is 16.6. The van der Waals surface area contributed by atoms with Crippen LogP contribution < -0.4 is 5.32 Å². The normalized spacial score (nSPS) is 10.5. The topological polar surface area (TPSA) is 59.1 Å². The molecule has 1 amide bonds. The lowest BCUT2D eigenvalue weighted by Gasteiger charge is -2.04. The van der Waals surface area contributed by atoms with Crippen molar-refractivity contribution in [2.24, 2.45) is 0 Å². The minimum Gasteiger partial charge on any atom is -0.356 e. The molecule has 0 saturated carbocycles. The Kier molecular flexibility index (Phi) is 6.10. The van der Waals surface area contributed by atoms with E-state index >= 15 is 0 Å². The first-order valence-corrected chi connectivity index (χ1v) is 8.27. The molecule has 6 heteroatoms. The van der Waals surface area contributed by atoms with Gasteiger partial charge in [0.2, 0.25) is 5.91 Å². The van der Waals surface area contributed by atoms with Gasteiger partial charge >= 0.3 is 0 Å². The number of rotatable bonds is 7. The molecule has 0 aliphatic heterocycles. The molecule has 0 fully saturated rings. The van der Waals surface area contributed by atoms with Crippen molar-refractivity contribution < 1.29 is 9.59 Å². The fraction of sp³-hybridized carbons (Fsp3) is 0.312. The molecule has 1 aromatic carbocycles. The van der Waals surface area contributed by atoms with E-state index in [-0.39, 0.29) is 24.5 Å². The third kappa shape index (κ3) is 5.24.